The number of amidine groups is 1. The van der Waals surface area contributed by atoms with E-state index < -0.39 is 0 Å². The molecule has 1 saturated heterocycles. The highest BCUT2D eigenvalue weighted by Gasteiger charge is 2.31. The maximum atomic E-state index is 12.4. The molecule has 1 heterocycles. The second kappa shape index (κ2) is 7.64. The van der Waals surface area contributed by atoms with Crippen molar-refractivity contribution in [3.05, 3.63) is 0 Å². The molecule has 0 bridgehead atoms. The largest absolute Gasteiger partial charge is 0.409 e. The minimum absolute atomic E-state index is 0.0104. The lowest BCUT2D eigenvalue weighted by molar-refractivity contribution is -0.137. The normalized spacial score (nSPS) is 23.5. The SMILES string of the molecule is CCCC(C(N)=NO)N1CCN(C(=O)C2CCCC2)CC1. The first kappa shape index (κ1) is 16.1. The second-order valence-corrected chi connectivity index (χ2v) is 6.17. The first-order chi connectivity index (χ1) is 10.2. The van der Waals surface area contributed by atoms with Crippen molar-refractivity contribution in [3.8, 4) is 0 Å². The van der Waals surface area contributed by atoms with Gasteiger partial charge in [0, 0.05) is 32.1 Å². The molecule has 3 N–H and O–H groups in total. The molecule has 1 saturated carbocycles. The lowest BCUT2D eigenvalue weighted by atomic mass is 10.0. The quantitative estimate of drug-likeness (QED) is 0.346. The van der Waals surface area contributed by atoms with Crippen molar-refractivity contribution in [2.75, 3.05) is 26.2 Å². The molecule has 21 heavy (non-hydrogen) atoms. The van der Waals surface area contributed by atoms with Crippen molar-refractivity contribution in [1.82, 2.24) is 9.80 Å². The lowest BCUT2D eigenvalue weighted by Crippen LogP contribution is -2.55. The Morgan fingerprint density at radius 3 is 2.43 bits per heavy atom. The van der Waals surface area contributed by atoms with E-state index in [4.69, 9.17) is 10.9 Å². The number of rotatable bonds is 5. The molecule has 0 spiro atoms. The molecule has 1 amide bonds. The summed E-state index contributed by atoms with van der Waals surface area (Å²) in [5, 5.41) is 12.1. The van der Waals surface area contributed by atoms with Crippen LogP contribution in [0.4, 0.5) is 0 Å². The summed E-state index contributed by atoms with van der Waals surface area (Å²) in [6.07, 6.45) is 6.37. The number of hydrogen-bond acceptors (Lipinski definition) is 4. The molecule has 1 unspecified atom stereocenters. The van der Waals surface area contributed by atoms with Crippen LogP contribution < -0.4 is 5.73 Å². The van der Waals surface area contributed by atoms with Crippen molar-refractivity contribution in [1.29, 1.82) is 0 Å². The van der Waals surface area contributed by atoms with Gasteiger partial charge in [0.15, 0.2) is 5.84 Å². The maximum Gasteiger partial charge on any atom is 0.225 e. The van der Waals surface area contributed by atoms with Crippen molar-refractivity contribution in [2.24, 2.45) is 16.8 Å². The molecule has 2 fully saturated rings. The molecule has 1 atom stereocenters. The van der Waals surface area contributed by atoms with Crippen molar-refractivity contribution < 1.29 is 10.0 Å². The van der Waals surface area contributed by atoms with Crippen molar-refractivity contribution >= 4 is 11.7 Å². The number of hydrogen-bond donors (Lipinski definition) is 2. The lowest BCUT2D eigenvalue weighted by Gasteiger charge is -2.39. The topological polar surface area (TPSA) is 82.2 Å². The summed E-state index contributed by atoms with van der Waals surface area (Å²) >= 11 is 0. The van der Waals surface area contributed by atoms with E-state index in [0.29, 0.717) is 5.91 Å². The van der Waals surface area contributed by atoms with Gasteiger partial charge in [0.25, 0.3) is 0 Å². The van der Waals surface area contributed by atoms with Crippen LogP contribution in [0, 0.1) is 5.92 Å². The van der Waals surface area contributed by atoms with Gasteiger partial charge in [-0.15, -0.1) is 0 Å². The van der Waals surface area contributed by atoms with E-state index in [1.807, 2.05) is 4.90 Å². The molecule has 0 aromatic heterocycles. The standard InChI is InChI=1S/C15H28N4O2/c1-2-5-13(14(16)17-21)18-8-10-19(11-9-18)15(20)12-6-3-4-7-12/h12-13,21H,2-11H2,1H3,(H2,16,17). The highest BCUT2D eigenvalue weighted by Crippen LogP contribution is 2.27. The van der Waals surface area contributed by atoms with Gasteiger partial charge in [-0.2, -0.15) is 0 Å². The van der Waals surface area contributed by atoms with Gasteiger partial charge in [-0.25, -0.2) is 0 Å². The number of nitrogens with two attached hydrogens (primary N) is 1. The average Bonchev–Trinajstić information content (AvgIpc) is 3.06. The van der Waals surface area contributed by atoms with Gasteiger partial charge in [-0.3, -0.25) is 9.69 Å². The van der Waals surface area contributed by atoms with E-state index in [-0.39, 0.29) is 17.8 Å². The van der Waals surface area contributed by atoms with Crippen molar-refractivity contribution in [2.45, 2.75) is 51.5 Å². The fraction of sp³-hybridized carbons (Fsp3) is 0.867. The van der Waals surface area contributed by atoms with E-state index in [1.54, 1.807) is 0 Å². The summed E-state index contributed by atoms with van der Waals surface area (Å²) in [7, 11) is 0. The number of oxime groups is 1. The van der Waals surface area contributed by atoms with Crippen LogP contribution in [0.25, 0.3) is 0 Å². The Hall–Kier alpha value is -1.30. The van der Waals surface area contributed by atoms with Crippen LogP contribution in [-0.4, -0.2) is 59.0 Å². The van der Waals surface area contributed by atoms with Gasteiger partial charge in [0.2, 0.25) is 5.91 Å². The second-order valence-electron chi connectivity index (χ2n) is 6.17. The summed E-state index contributed by atoms with van der Waals surface area (Å²) in [6, 6.07) is -0.0104. The highest BCUT2D eigenvalue weighted by molar-refractivity contribution is 5.85. The molecule has 0 radical (unpaired) electrons. The van der Waals surface area contributed by atoms with E-state index in [9.17, 15) is 4.79 Å². The fourth-order valence-electron chi connectivity index (χ4n) is 3.54. The van der Waals surface area contributed by atoms with Crippen LogP contribution in [0.5, 0.6) is 0 Å². The van der Waals surface area contributed by atoms with Gasteiger partial charge in [0.1, 0.15) is 0 Å². The Morgan fingerprint density at radius 1 is 1.29 bits per heavy atom. The van der Waals surface area contributed by atoms with Gasteiger partial charge in [0.05, 0.1) is 6.04 Å². The smallest absolute Gasteiger partial charge is 0.225 e. The molecule has 1 aliphatic heterocycles. The summed E-state index contributed by atoms with van der Waals surface area (Å²) in [5.74, 6) is 0.877. The summed E-state index contributed by atoms with van der Waals surface area (Å²) in [5.41, 5.74) is 5.81. The summed E-state index contributed by atoms with van der Waals surface area (Å²) in [4.78, 5) is 16.6. The zero-order valence-corrected chi connectivity index (χ0v) is 13.0. The molecule has 120 valence electrons. The third-order valence-corrected chi connectivity index (χ3v) is 4.79. The monoisotopic (exact) mass is 296 g/mol. The molecule has 6 heteroatoms. The summed E-state index contributed by atoms with van der Waals surface area (Å²) in [6.45, 7) is 5.22. The van der Waals surface area contributed by atoms with Crippen LogP contribution >= 0.6 is 0 Å². The Balaban J connectivity index is 1.87. The van der Waals surface area contributed by atoms with E-state index >= 15 is 0 Å². The number of amides is 1. The first-order valence-corrected chi connectivity index (χ1v) is 8.17. The predicted octanol–water partition coefficient (Wildman–Crippen LogP) is 1.24. The molecular weight excluding hydrogens is 268 g/mol. The minimum atomic E-state index is -0.0104. The van der Waals surface area contributed by atoms with Gasteiger partial charge in [-0.05, 0) is 19.3 Å². The molecule has 2 aliphatic rings. The van der Waals surface area contributed by atoms with E-state index in [1.165, 1.54) is 12.8 Å². The molecule has 6 nitrogen and oxygen atoms in total. The van der Waals surface area contributed by atoms with Crippen molar-refractivity contribution in [3.63, 3.8) is 0 Å². The van der Waals surface area contributed by atoms with Crippen LogP contribution in [0.2, 0.25) is 0 Å². The average molecular weight is 296 g/mol. The zero-order valence-electron chi connectivity index (χ0n) is 13.0. The summed E-state index contributed by atoms with van der Waals surface area (Å²) < 4.78 is 0. The number of piperazine rings is 1. The highest BCUT2D eigenvalue weighted by atomic mass is 16.4. The molecule has 0 aromatic rings. The third-order valence-electron chi connectivity index (χ3n) is 4.79. The molecule has 2 rings (SSSR count). The Morgan fingerprint density at radius 2 is 1.90 bits per heavy atom. The fourth-order valence-corrected chi connectivity index (χ4v) is 3.54. The van der Waals surface area contributed by atoms with E-state index in [0.717, 1.165) is 51.9 Å². The van der Waals surface area contributed by atoms with Crippen LogP contribution in [0.15, 0.2) is 5.16 Å². The Labute approximate surface area is 127 Å². The van der Waals surface area contributed by atoms with Crippen LogP contribution in [-0.2, 0) is 4.79 Å². The van der Waals surface area contributed by atoms with Crippen LogP contribution in [0.3, 0.4) is 0 Å². The predicted molar refractivity (Wildman–Crippen MR) is 82.2 cm³/mol. The first-order valence-electron chi connectivity index (χ1n) is 8.17. The maximum absolute atomic E-state index is 12.4. The Kier molecular flexibility index (Phi) is 5.85. The van der Waals surface area contributed by atoms with Gasteiger partial charge in [-0.1, -0.05) is 31.3 Å². The van der Waals surface area contributed by atoms with Gasteiger partial charge >= 0.3 is 0 Å². The third kappa shape index (κ3) is 3.87. The van der Waals surface area contributed by atoms with E-state index in [2.05, 4.69) is 17.0 Å². The number of carbonyl (C=O) groups is 1. The minimum Gasteiger partial charge on any atom is -0.409 e. The van der Waals surface area contributed by atoms with Gasteiger partial charge < -0.3 is 15.8 Å². The molecular formula is C15H28N4O2. The van der Waals surface area contributed by atoms with Crippen LogP contribution in [0.1, 0.15) is 45.4 Å². The number of nitrogens with zero attached hydrogens (tertiary/aromatic N) is 3. The molecule has 0 aromatic carbocycles. The zero-order chi connectivity index (χ0) is 15.2. The Bertz CT molecular complexity index is 372. The molecule has 1 aliphatic carbocycles. The number of carbonyl (C=O) groups excluding carboxylic acids is 1.